The van der Waals surface area contributed by atoms with E-state index >= 15 is 0 Å². The molecule has 0 spiro atoms. The molecule has 0 fully saturated rings. The number of carbonyl (C=O) groups is 2. The zero-order valence-electron chi connectivity index (χ0n) is 22.7. The Morgan fingerprint density at radius 2 is 2.03 bits per heavy atom. The number of rotatable bonds is 8. The highest BCUT2D eigenvalue weighted by Crippen LogP contribution is 2.29. The molecular formula is C25H38N6O6S. The van der Waals surface area contributed by atoms with E-state index in [4.69, 9.17) is 4.74 Å². The van der Waals surface area contributed by atoms with Crippen molar-refractivity contribution >= 4 is 27.6 Å². The maximum atomic E-state index is 13.3. The normalized spacial score (nSPS) is 19.3. The monoisotopic (exact) mass is 550 g/mol. The largest absolute Gasteiger partial charge is 0.488 e. The summed E-state index contributed by atoms with van der Waals surface area (Å²) in [6.07, 6.45) is 2.22. The van der Waals surface area contributed by atoms with E-state index in [1.165, 1.54) is 23.9 Å². The van der Waals surface area contributed by atoms with Gasteiger partial charge < -0.3 is 29.9 Å². The van der Waals surface area contributed by atoms with Crippen LogP contribution in [0.15, 0.2) is 35.7 Å². The van der Waals surface area contributed by atoms with Crippen LogP contribution in [0, 0.1) is 5.92 Å². The maximum Gasteiger partial charge on any atom is 0.319 e. The summed E-state index contributed by atoms with van der Waals surface area (Å²) in [7, 11) is -0.722. The van der Waals surface area contributed by atoms with Gasteiger partial charge in [-0.05, 0) is 39.0 Å². The van der Waals surface area contributed by atoms with E-state index in [9.17, 15) is 23.1 Å². The number of likely N-dealkylation sites (N-methyl/N-ethyl adjacent to an activating group) is 1. The Kier molecular flexibility index (Phi) is 9.39. The molecule has 3 rings (SSSR count). The molecule has 1 aromatic heterocycles. The van der Waals surface area contributed by atoms with Crippen LogP contribution in [0.3, 0.4) is 0 Å². The third-order valence-corrected chi connectivity index (χ3v) is 8.10. The number of aliphatic hydroxyl groups excluding tert-OH is 1. The summed E-state index contributed by atoms with van der Waals surface area (Å²) in [6.45, 7) is 7.38. The average Bonchev–Trinajstić information content (AvgIpc) is 3.29. The lowest BCUT2D eigenvalue weighted by atomic mass is 10.0. The molecule has 3 atom stereocenters. The fourth-order valence-electron chi connectivity index (χ4n) is 4.19. The van der Waals surface area contributed by atoms with Gasteiger partial charge in [0.05, 0.1) is 31.9 Å². The highest BCUT2D eigenvalue weighted by Gasteiger charge is 2.34. The number of ether oxygens (including phenoxy) is 1. The molecule has 3 N–H and O–H groups in total. The smallest absolute Gasteiger partial charge is 0.319 e. The number of nitrogens with one attached hydrogen (secondary N) is 2. The van der Waals surface area contributed by atoms with Crippen molar-refractivity contribution in [2.45, 2.75) is 57.3 Å². The van der Waals surface area contributed by atoms with Gasteiger partial charge in [-0.2, -0.15) is 4.31 Å². The molecule has 13 heteroatoms. The zero-order valence-corrected chi connectivity index (χ0v) is 23.5. The second-order valence-electron chi connectivity index (χ2n) is 10.1. The molecule has 38 heavy (non-hydrogen) atoms. The van der Waals surface area contributed by atoms with Crippen LogP contribution in [-0.2, 0) is 28.3 Å². The standard InChI is InChI=1S/C25H38N6O6S/c1-16(2)27-25(34)28-20-7-8-21-19(9-20)10-24(33)31(18(4)14-32)11-17(3)22(37-21)12-30(6)38(35,36)23-13-29(5)15-26-23/h7-9,13,15-18,22,32H,10-12,14H2,1-6H3,(H2,27,28,34)/t17-,18-,22+/m1/s1. The minimum Gasteiger partial charge on any atom is -0.488 e. The third kappa shape index (κ3) is 7.03. The average molecular weight is 551 g/mol. The van der Waals surface area contributed by atoms with Gasteiger partial charge in [-0.1, -0.05) is 6.92 Å². The predicted octanol–water partition coefficient (Wildman–Crippen LogP) is 1.42. The third-order valence-electron chi connectivity index (χ3n) is 6.39. The number of aromatic nitrogens is 2. The van der Waals surface area contributed by atoms with Crippen molar-refractivity contribution in [3.8, 4) is 5.75 Å². The van der Waals surface area contributed by atoms with Crippen LogP contribution in [-0.4, -0.2) is 89.2 Å². The quantitative estimate of drug-likeness (QED) is 0.451. The molecule has 210 valence electrons. The van der Waals surface area contributed by atoms with Crippen LogP contribution in [0.2, 0.25) is 0 Å². The number of amides is 3. The lowest BCUT2D eigenvalue weighted by Gasteiger charge is -2.33. The number of aryl methyl sites for hydroxylation is 1. The van der Waals surface area contributed by atoms with Crippen molar-refractivity contribution < 1.29 is 27.9 Å². The van der Waals surface area contributed by atoms with Crippen LogP contribution in [0.25, 0.3) is 0 Å². The Labute approximate surface area is 224 Å². The van der Waals surface area contributed by atoms with E-state index in [0.717, 1.165) is 0 Å². The van der Waals surface area contributed by atoms with Crippen LogP contribution < -0.4 is 15.4 Å². The first kappa shape index (κ1) is 29.4. The number of urea groups is 1. The second kappa shape index (κ2) is 12.1. The highest BCUT2D eigenvalue weighted by molar-refractivity contribution is 7.89. The Bertz CT molecular complexity index is 1250. The number of hydrogen-bond donors (Lipinski definition) is 3. The van der Waals surface area contributed by atoms with Crippen LogP contribution in [0.1, 0.15) is 33.3 Å². The number of aliphatic hydroxyl groups is 1. The highest BCUT2D eigenvalue weighted by atomic mass is 32.2. The van der Waals surface area contributed by atoms with Crippen LogP contribution in [0.4, 0.5) is 10.5 Å². The SMILES string of the molecule is CC(C)NC(=O)Nc1ccc2c(c1)CC(=O)N([C@H](C)CO)C[C@@H](C)[C@H](CN(C)S(=O)(=O)c1cn(C)cn1)O2. The molecule has 1 aromatic carbocycles. The molecule has 0 unspecified atom stereocenters. The van der Waals surface area contributed by atoms with Crippen LogP contribution >= 0.6 is 0 Å². The molecule has 1 aliphatic heterocycles. The number of carbonyl (C=O) groups excluding carboxylic acids is 2. The van der Waals surface area contributed by atoms with Gasteiger partial charge in [0.15, 0.2) is 5.03 Å². The minimum atomic E-state index is -3.88. The first-order valence-corrected chi connectivity index (χ1v) is 14.0. The lowest BCUT2D eigenvalue weighted by molar-refractivity contribution is -0.134. The number of sulfonamides is 1. The number of fused-ring (bicyclic) bond motifs is 1. The molecular weight excluding hydrogens is 512 g/mol. The van der Waals surface area contributed by atoms with Gasteiger partial charge in [0, 0.05) is 50.0 Å². The number of nitrogens with zero attached hydrogens (tertiary/aromatic N) is 4. The van der Waals surface area contributed by atoms with Crippen molar-refractivity contribution in [1.29, 1.82) is 0 Å². The summed E-state index contributed by atoms with van der Waals surface area (Å²) < 4.78 is 35.4. The lowest BCUT2D eigenvalue weighted by Crippen LogP contribution is -2.48. The van der Waals surface area contributed by atoms with Gasteiger partial charge in [-0.15, -0.1) is 0 Å². The van der Waals surface area contributed by atoms with Gasteiger partial charge in [-0.3, -0.25) is 4.79 Å². The number of imidazole rings is 1. The molecule has 1 aliphatic rings. The summed E-state index contributed by atoms with van der Waals surface area (Å²) in [5.41, 5.74) is 1.03. The van der Waals surface area contributed by atoms with Crippen molar-refractivity contribution in [2.24, 2.45) is 13.0 Å². The number of benzene rings is 1. The second-order valence-corrected chi connectivity index (χ2v) is 12.1. The molecule has 0 aliphatic carbocycles. The Morgan fingerprint density at radius 3 is 2.63 bits per heavy atom. The topological polar surface area (TPSA) is 146 Å². The molecule has 2 heterocycles. The molecule has 0 saturated carbocycles. The number of anilines is 1. The van der Waals surface area contributed by atoms with Crippen molar-refractivity contribution in [1.82, 2.24) is 24.1 Å². The van der Waals surface area contributed by atoms with Crippen LogP contribution in [0.5, 0.6) is 5.75 Å². The summed E-state index contributed by atoms with van der Waals surface area (Å²) in [5.74, 6) is -0.0656. The van der Waals surface area contributed by atoms with E-state index < -0.39 is 22.2 Å². The van der Waals surface area contributed by atoms with Gasteiger partial charge in [0.25, 0.3) is 10.0 Å². The molecule has 3 amide bonds. The van der Waals surface area contributed by atoms with E-state index in [1.54, 1.807) is 41.6 Å². The Morgan fingerprint density at radius 1 is 1.32 bits per heavy atom. The summed E-state index contributed by atoms with van der Waals surface area (Å²) in [5, 5.41) is 15.2. The van der Waals surface area contributed by atoms with E-state index in [2.05, 4.69) is 15.6 Å². The summed E-state index contributed by atoms with van der Waals surface area (Å²) in [4.78, 5) is 31.1. The molecule has 0 bridgehead atoms. The van der Waals surface area contributed by atoms with Gasteiger partial charge in [0.1, 0.15) is 11.9 Å². The van der Waals surface area contributed by atoms with Crippen molar-refractivity contribution in [3.05, 3.63) is 36.3 Å². The maximum absolute atomic E-state index is 13.3. The van der Waals surface area contributed by atoms with E-state index in [1.807, 2.05) is 20.8 Å². The minimum absolute atomic E-state index is 0.00580. The molecule has 2 aromatic rings. The van der Waals surface area contributed by atoms with Gasteiger partial charge in [-0.25, -0.2) is 18.2 Å². The Hall–Kier alpha value is -3.16. The zero-order chi connectivity index (χ0) is 28.2. The summed E-state index contributed by atoms with van der Waals surface area (Å²) in [6, 6.07) is 4.15. The van der Waals surface area contributed by atoms with Crippen molar-refractivity contribution in [2.75, 3.05) is 32.1 Å². The number of hydrogen-bond acceptors (Lipinski definition) is 7. The molecule has 12 nitrogen and oxygen atoms in total. The van der Waals surface area contributed by atoms with E-state index in [-0.39, 0.29) is 55.0 Å². The first-order valence-electron chi connectivity index (χ1n) is 12.5. The molecule has 0 radical (unpaired) electrons. The molecule has 0 saturated heterocycles. The van der Waals surface area contributed by atoms with Crippen molar-refractivity contribution in [3.63, 3.8) is 0 Å². The van der Waals surface area contributed by atoms with Gasteiger partial charge in [0.2, 0.25) is 5.91 Å². The fourth-order valence-corrected chi connectivity index (χ4v) is 5.33. The fraction of sp³-hybridized carbons (Fsp3) is 0.560. The Balaban J connectivity index is 1.95. The first-order chi connectivity index (χ1) is 17.8. The summed E-state index contributed by atoms with van der Waals surface area (Å²) >= 11 is 0. The van der Waals surface area contributed by atoms with E-state index in [0.29, 0.717) is 17.0 Å². The predicted molar refractivity (Wildman–Crippen MR) is 142 cm³/mol. The van der Waals surface area contributed by atoms with Gasteiger partial charge >= 0.3 is 6.03 Å².